The predicted molar refractivity (Wildman–Crippen MR) is 51.1 cm³/mol. The first kappa shape index (κ1) is 12.8. The predicted octanol–water partition coefficient (Wildman–Crippen LogP) is 1.53. The third kappa shape index (κ3) is 7.50. The molecule has 0 saturated heterocycles. The summed E-state index contributed by atoms with van der Waals surface area (Å²) in [5, 5.41) is 0. The van der Waals surface area contributed by atoms with Crippen LogP contribution >= 0.6 is 0 Å². The van der Waals surface area contributed by atoms with Crippen LogP contribution < -0.4 is 0 Å². The molecule has 0 N–H and O–H groups in total. The van der Waals surface area contributed by atoms with E-state index in [9.17, 15) is 0 Å². The van der Waals surface area contributed by atoms with Gasteiger partial charge in [0.25, 0.3) is 0 Å². The molecule has 0 aromatic heterocycles. The van der Waals surface area contributed by atoms with Gasteiger partial charge in [-0.25, -0.2) is 0 Å². The van der Waals surface area contributed by atoms with E-state index in [1.165, 1.54) is 40.8 Å². The van der Waals surface area contributed by atoms with Crippen LogP contribution in [0.3, 0.4) is 0 Å². The van der Waals surface area contributed by atoms with Gasteiger partial charge >= 0.3 is 33.2 Å². The van der Waals surface area contributed by atoms with E-state index in [0.29, 0.717) is 0 Å². The molecular weight excluding hydrogens is 220 g/mol. The third-order valence-electron chi connectivity index (χ3n) is 1.61. The van der Waals surface area contributed by atoms with Crippen molar-refractivity contribution >= 4 is 9.57 Å². The van der Waals surface area contributed by atoms with Gasteiger partial charge in [-0.15, -0.1) is 5.57 Å². The van der Waals surface area contributed by atoms with Crippen LogP contribution in [-0.4, -0.2) is 9.57 Å². The zero-order valence-corrected chi connectivity index (χ0v) is 8.89. The molecule has 0 aliphatic heterocycles. The Morgan fingerprint density at radius 2 is 2.00 bits per heavy atom. The summed E-state index contributed by atoms with van der Waals surface area (Å²) in [4.78, 5) is 20.7. The summed E-state index contributed by atoms with van der Waals surface area (Å²) in [6.45, 7) is 3.48. The van der Waals surface area contributed by atoms with Gasteiger partial charge in [0.05, 0.1) is 0 Å². The molecule has 2 nitrogen and oxygen atoms in total. The summed E-state index contributed by atoms with van der Waals surface area (Å²) in [7, 11) is 0. The molecule has 0 aromatic carbocycles. The van der Waals surface area contributed by atoms with Crippen LogP contribution in [0.5, 0.6) is 0 Å². The minimum Gasteiger partial charge on any atom is -0.300 e. The molecule has 0 unspecified atom stereocenters. The number of rotatable bonds is 0. The molecule has 0 bridgehead atoms. The first-order valence-electron chi connectivity index (χ1n) is 4.17. The Morgan fingerprint density at radius 3 is 2.36 bits per heavy atom. The second kappa shape index (κ2) is 9.93. The fourth-order valence-corrected chi connectivity index (χ4v) is 1.13. The molecule has 1 rings (SSSR count). The third-order valence-corrected chi connectivity index (χ3v) is 1.84. The molecule has 1 aliphatic rings. The second-order valence-electron chi connectivity index (χ2n) is 2.51. The molecule has 0 aromatic rings. The van der Waals surface area contributed by atoms with Crippen molar-refractivity contribution in [2.75, 3.05) is 0 Å². The van der Waals surface area contributed by atoms with E-state index in [1.807, 2.05) is 0 Å². The molecule has 0 radical (unpaired) electrons. The van der Waals surface area contributed by atoms with Gasteiger partial charge in [-0.05, 0) is 25.7 Å². The molecule has 0 spiro atoms. The first-order valence-corrected chi connectivity index (χ1v) is 5.27. The van der Waals surface area contributed by atoms with Gasteiger partial charge in [0.15, 0.2) is 0 Å². The molecule has 0 amide bonds. The van der Waals surface area contributed by atoms with Crippen molar-refractivity contribution in [1.82, 2.24) is 0 Å². The Kier molecular flexibility index (Phi) is 9.12. The van der Waals surface area contributed by atoms with Crippen molar-refractivity contribution in [3.05, 3.63) is 18.6 Å². The van der Waals surface area contributed by atoms with Crippen LogP contribution in [0.1, 0.15) is 25.7 Å². The quantitative estimate of drug-likeness (QED) is 0.360. The number of hydrogen-bond acceptors (Lipinski definition) is 2. The van der Waals surface area contributed by atoms with Gasteiger partial charge in [0.2, 0.25) is 0 Å². The standard InChI is InChI=1S/C9H11.2CO.Fe/c1-2-6-9-7-4-3-5-8-9;2*1-2;/h7H,1,3-5,8H2;;;/q-1;;;. The molecule has 14 heavy (non-hydrogen) atoms. The zero-order chi connectivity index (χ0) is 10.6. The SMILES string of the molecule is O=[C]=[Fe]=[C]=O.[CH2-]C#CC1=CCCCC1. The van der Waals surface area contributed by atoms with Gasteiger partial charge < -0.3 is 5.92 Å². The van der Waals surface area contributed by atoms with Crippen molar-refractivity contribution < 1.29 is 23.7 Å². The monoisotopic (exact) mass is 231 g/mol. The van der Waals surface area contributed by atoms with Crippen LogP contribution in [0.2, 0.25) is 0 Å². The molecule has 3 heteroatoms. The van der Waals surface area contributed by atoms with Gasteiger partial charge in [-0.1, -0.05) is 6.08 Å². The maximum Gasteiger partial charge on any atom is -0.0355 e. The molecule has 76 valence electrons. The van der Waals surface area contributed by atoms with Crippen molar-refractivity contribution in [3.8, 4) is 11.8 Å². The average molecular weight is 231 g/mol. The molecule has 0 saturated carbocycles. The Morgan fingerprint density at radius 1 is 1.29 bits per heavy atom. The minimum absolute atomic E-state index is 0.222. The summed E-state index contributed by atoms with van der Waals surface area (Å²) in [5.74, 6) is 5.65. The van der Waals surface area contributed by atoms with Gasteiger partial charge in [0.1, 0.15) is 0 Å². The van der Waals surface area contributed by atoms with Crippen LogP contribution in [0.4, 0.5) is 0 Å². The smallest absolute Gasteiger partial charge is 0.0355 e. The number of allylic oxidation sites excluding steroid dienone is 2. The Bertz CT molecular complexity index is 342. The van der Waals surface area contributed by atoms with E-state index in [4.69, 9.17) is 9.59 Å². The van der Waals surface area contributed by atoms with E-state index in [-0.39, 0.29) is 14.1 Å². The average Bonchev–Trinajstić information content (AvgIpc) is 2.22. The summed E-state index contributed by atoms with van der Waals surface area (Å²) in [5.41, 5.74) is 1.29. The van der Waals surface area contributed by atoms with Gasteiger partial charge in [-0.2, -0.15) is 6.92 Å². The van der Waals surface area contributed by atoms with Crippen LogP contribution in [0.15, 0.2) is 11.6 Å². The maximum atomic E-state index is 9.02. The van der Waals surface area contributed by atoms with Crippen molar-refractivity contribution in [3.63, 3.8) is 0 Å². The number of carbonyl (C=O) groups excluding carboxylic acids is 2. The van der Waals surface area contributed by atoms with E-state index < -0.39 is 0 Å². The summed E-state index contributed by atoms with van der Waals surface area (Å²) in [6.07, 6.45) is 7.25. The van der Waals surface area contributed by atoms with Crippen LogP contribution in [0, 0.1) is 18.8 Å². The maximum absolute atomic E-state index is 9.02. The topological polar surface area (TPSA) is 34.1 Å². The number of hydrogen-bond donors (Lipinski definition) is 0. The van der Waals surface area contributed by atoms with Crippen molar-refractivity contribution in [1.29, 1.82) is 0 Å². The van der Waals surface area contributed by atoms with E-state index in [1.54, 1.807) is 0 Å². The summed E-state index contributed by atoms with van der Waals surface area (Å²) >= 11 is -0.222. The van der Waals surface area contributed by atoms with Gasteiger partial charge in [0, 0.05) is 0 Å². The fourth-order valence-electron chi connectivity index (χ4n) is 1.08. The van der Waals surface area contributed by atoms with E-state index in [2.05, 4.69) is 24.8 Å². The fraction of sp³-hybridized carbons (Fsp3) is 0.364. The molecular formula is C11H11FeO2-. The minimum atomic E-state index is -0.222. The van der Waals surface area contributed by atoms with Crippen molar-refractivity contribution in [2.24, 2.45) is 0 Å². The molecule has 0 fully saturated rings. The normalized spacial score (nSPS) is 13.0. The van der Waals surface area contributed by atoms with Crippen LogP contribution in [-0.2, 0) is 23.7 Å². The molecule has 0 heterocycles. The summed E-state index contributed by atoms with van der Waals surface area (Å²) in [6, 6.07) is 0. The van der Waals surface area contributed by atoms with Crippen LogP contribution in [0.25, 0.3) is 0 Å². The molecule has 0 atom stereocenters. The van der Waals surface area contributed by atoms with Gasteiger partial charge in [-0.3, -0.25) is 5.92 Å². The zero-order valence-electron chi connectivity index (χ0n) is 7.78. The van der Waals surface area contributed by atoms with E-state index >= 15 is 0 Å². The Balaban J connectivity index is 0.000000292. The molecule has 1 aliphatic carbocycles. The Hall–Kier alpha value is -1.15. The second-order valence-corrected chi connectivity index (χ2v) is 3.24. The van der Waals surface area contributed by atoms with E-state index in [0.717, 1.165) is 0 Å². The largest absolute Gasteiger partial charge is 0.300 e. The van der Waals surface area contributed by atoms with Crippen molar-refractivity contribution in [2.45, 2.75) is 25.7 Å². The summed E-state index contributed by atoms with van der Waals surface area (Å²) < 4.78 is 0. The Labute approximate surface area is 89.6 Å². The first-order chi connectivity index (χ1) is 6.85.